The van der Waals surface area contributed by atoms with Gasteiger partial charge in [-0.25, -0.2) is 18.1 Å². The third-order valence-electron chi connectivity index (χ3n) is 2.55. The van der Waals surface area contributed by atoms with Crippen molar-refractivity contribution in [2.24, 2.45) is 0 Å². The maximum absolute atomic E-state index is 11.9. The molecule has 104 valence electrons. The SMILES string of the molecule is CCCn1cc(S(=O)(=O)NCCC(C)O)nc1C. The quantitative estimate of drug-likeness (QED) is 0.765. The van der Waals surface area contributed by atoms with Gasteiger partial charge in [0.05, 0.1) is 6.10 Å². The maximum atomic E-state index is 11.9. The number of sulfonamides is 1. The molecule has 0 amide bonds. The van der Waals surface area contributed by atoms with Crippen molar-refractivity contribution in [3.8, 4) is 0 Å². The number of nitrogens with one attached hydrogen (secondary N) is 1. The first-order valence-electron chi connectivity index (χ1n) is 6.08. The molecule has 0 radical (unpaired) electrons. The van der Waals surface area contributed by atoms with E-state index < -0.39 is 16.1 Å². The molecule has 1 aromatic heterocycles. The summed E-state index contributed by atoms with van der Waals surface area (Å²) in [5.74, 6) is 0.688. The summed E-state index contributed by atoms with van der Waals surface area (Å²) in [4.78, 5) is 4.05. The van der Waals surface area contributed by atoms with Crippen molar-refractivity contribution in [1.29, 1.82) is 0 Å². The molecular weight excluding hydrogens is 254 g/mol. The Labute approximate surface area is 108 Å². The van der Waals surface area contributed by atoms with Crippen molar-refractivity contribution >= 4 is 10.0 Å². The van der Waals surface area contributed by atoms with Gasteiger partial charge in [-0.1, -0.05) is 6.92 Å². The Morgan fingerprint density at radius 2 is 2.22 bits per heavy atom. The minimum Gasteiger partial charge on any atom is -0.393 e. The van der Waals surface area contributed by atoms with Crippen molar-refractivity contribution in [3.63, 3.8) is 0 Å². The van der Waals surface area contributed by atoms with Crippen LogP contribution in [0.15, 0.2) is 11.2 Å². The van der Waals surface area contributed by atoms with E-state index in [1.807, 2.05) is 11.5 Å². The molecule has 7 heteroatoms. The van der Waals surface area contributed by atoms with Gasteiger partial charge >= 0.3 is 0 Å². The van der Waals surface area contributed by atoms with E-state index in [0.717, 1.165) is 13.0 Å². The van der Waals surface area contributed by atoms with E-state index in [9.17, 15) is 8.42 Å². The van der Waals surface area contributed by atoms with Crippen LogP contribution in [-0.4, -0.2) is 35.7 Å². The second-order valence-electron chi connectivity index (χ2n) is 4.36. The maximum Gasteiger partial charge on any atom is 0.259 e. The molecule has 0 aliphatic heterocycles. The number of hydrogen-bond acceptors (Lipinski definition) is 4. The molecule has 0 saturated heterocycles. The molecule has 1 aromatic rings. The number of nitrogens with zero attached hydrogens (tertiary/aromatic N) is 2. The van der Waals surface area contributed by atoms with Crippen LogP contribution in [0.25, 0.3) is 0 Å². The van der Waals surface area contributed by atoms with Crippen LogP contribution in [-0.2, 0) is 16.6 Å². The van der Waals surface area contributed by atoms with Gasteiger partial charge in [-0.3, -0.25) is 0 Å². The first kappa shape index (κ1) is 15.1. The number of rotatable bonds is 7. The van der Waals surface area contributed by atoms with Crippen LogP contribution < -0.4 is 4.72 Å². The molecule has 0 saturated carbocycles. The van der Waals surface area contributed by atoms with E-state index in [0.29, 0.717) is 12.2 Å². The Hall–Kier alpha value is -0.920. The summed E-state index contributed by atoms with van der Waals surface area (Å²) >= 11 is 0. The minimum absolute atomic E-state index is 0.0408. The third-order valence-corrected chi connectivity index (χ3v) is 3.88. The fraction of sp³-hybridized carbons (Fsp3) is 0.727. The van der Waals surface area contributed by atoms with Gasteiger partial charge in [0, 0.05) is 19.3 Å². The molecule has 18 heavy (non-hydrogen) atoms. The molecule has 1 unspecified atom stereocenters. The third kappa shape index (κ3) is 4.08. The van der Waals surface area contributed by atoms with Gasteiger partial charge in [0.15, 0.2) is 5.03 Å². The molecule has 0 spiro atoms. The molecule has 6 nitrogen and oxygen atoms in total. The van der Waals surface area contributed by atoms with Crippen LogP contribution in [0.5, 0.6) is 0 Å². The average molecular weight is 275 g/mol. The summed E-state index contributed by atoms with van der Waals surface area (Å²) in [6, 6.07) is 0. The second kappa shape index (κ2) is 6.31. The number of hydrogen-bond donors (Lipinski definition) is 2. The highest BCUT2D eigenvalue weighted by atomic mass is 32.2. The van der Waals surface area contributed by atoms with E-state index in [2.05, 4.69) is 9.71 Å². The molecule has 0 aliphatic carbocycles. The molecule has 0 aliphatic rings. The smallest absolute Gasteiger partial charge is 0.259 e. The lowest BCUT2D eigenvalue weighted by molar-refractivity contribution is 0.186. The first-order valence-corrected chi connectivity index (χ1v) is 7.56. The zero-order valence-corrected chi connectivity index (χ0v) is 11.9. The van der Waals surface area contributed by atoms with Crippen LogP contribution in [0.1, 0.15) is 32.5 Å². The van der Waals surface area contributed by atoms with Crippen molar-refractivity contribution in [3.05, 3.63) is 12.0 Å². The zero-order valence-electron chi connectivity index (χ0n) is 11.0. The van der Waals surface area contributed by atoms with Crippen molar-refractivity contribution in [2.45, 2.75) is 51.3 Å². The Balaban J connectivity index is 2.75. The van der Waals surface area contributed by atoms with Gasteiger partial charge in [0.2, 0.25) is 0 Å². The number of aromatic nitrogens is 2. The summed E-state index contributed by atoms with van der Waals surface area (Å²) in [7, 11) is -3.57. The number of aliphatic hydroxyl groups is 1. The van der Waals surface area contributed by atoms with E-state index in [4.69, 9.17) is 5.11 Å². The van der Waals surface area contributed by atoms with Crippen molar-refractivity contribution in [2.75, 3.05) is 6.54 Å². The molecule has 0 aromatic carbocycles. The lowest BCUT2D eigenvalue weighted by Crippen LogP contribution is -2.27. The second-order valence-corrected chi connectivity index (χ2v) is 6.07. The van der Waals surface area contributed by atoms with E-state index >= 15 is 0 Å². The van der Waals surface area contributed by atoms with Crippen LogP contribution in [0.3, 0.4) is 0 Å². The summed E-state index contributed by atoms with van der Waals surface area (Å²) in [5.41, 5.74) is 0. The van der Waals surface area contributed by atoms with E-state index in [1.54, 1.807) is 20.0 Å². The molecule has 2 N–H and O–H groups in total. The van der Waals surface area contributed by atoms with Crippen LogP contribution in [0, 0.1) is 6.92 Å². The minimum atomic E-state index is -3.57. The lowest BCUT2D eigenvalue weighted by Gasteiger charge is -2.05. The topological polar surface area (TPSA) is 84.2 Å². The van der Waals surface area contributed by atoms with Crippen molar-refractivity contribution in [1.82, 2.24) is 14.3 Å². The molecule has 1 atom stereocenters. The Bertz CT molecular complexity index is 480. The number of imidazole rings is 1. The van der Waals surface area contributed by atoms with Gasteiger partial charge in [-0.05, 0) is 26.7 Å². The monoisotopic (exact) mass is 275 g/mol. The largest absolute Gasteiger partial charge is 0.393 e. The lowest BCUT2D eigenvalue weighted by atomic mass is 10.3. The van der Waals surface area contributed by atoms with Crippen LogP contribution in [0.2, 0.25) is 0 Å². The summed E-state index contributed by atoms with van der Waals surface area (Å²) in [5, 5.41) is 9.12. The van der Waals surface area contributed by atoms with E-state index in [-0.39, 0.29) is 11.6 Å². The predicted molar refractivity (Wildman–Crippen MR) is 68.7 cm³/mol. The predicted octanol–water partition coefficient (Wildman–Crippen LogP) is 0.651. The Morgan fingerprint density at radius 1 is 1.56 bits per heavy atom. The highest BCUT2D eigenvalue weighted by molar-refractivity contribution is 7.89. The summed E-state index contributed by atoms with van der Waals surface area (Å²) in [6.07, 6.45) is 2.33. The standard InChI is InChI=1S/C11H21N3O3S/c1-4-7-14-8-11(13-10(14)3)18(16,17)12-6-5-9(2)15/h8-9,12,15H,4-7H2,1-3H3. The fourth-order valence-electron chi connectivity index (χ4n) is 1.55. The van der Waals surface area contributed by atoms with Crippen molar-refractivity contribution < 1.29 is 13.5 Å². The highest BCUT2D eigenvalue weighted by Gasteiger charge is 2.18. The fourth-order valence-corrected chi connectivity index (χ4v) is 2.60. The highest BCUT2D eigenvalue weighted by Crippen LogP contribution is 2.09. The normalized spacial score (nSPS) is 13.8. The van der Waals surface area contributed by atoms with Crippen LogP contribution >= 0.6 is 0 Å². The Morgan fingerprint density at radius 3 is 2.78 bits per heavy atom. The number of aryl methyl sites for hydroxylation is 2. The summed E-state index contributed by atoms with van der Waals surface area (Å²) in [6.45, 7) is 6.38. The van der Waals surface area contributed by atoms with Gasteiger partial charge in [-0.2, -0.15) is 0 Å². The average Bonchev–Trinajstić information content (AvgIpc) is 2.61. The van der Waals surface area contributed by atoms with E-state index in [1.165, 1.54) is 0 Å². The number of aliphatic hydroxyl groups excluding tert-OH is 1. The molecule has 1 rings (SSSR count). The van der Waals surface area contributed by atoms with Gasteiger partial charge < -0.3 is 9.67 Å². The first-order chi connectivity index (χ1) is 8.36. The van der Waals surface area contributed by atoms with Gasteiger partial charge in [0.25, 0.3) is 10.0 Å². The zero-order chi connectivity index (χ0) is 13.8. The van der Waals surface area contributed by atoms with Crippen LogP contribution in [0.4, 0.5) is 0 Å². The molecule has 0 bridgehead atoms. The Kier molecular flexibility index (Phi) is 5.30. The molecular formula is C11H21N3O3S. The molecule has 1 heterocycles. The van der Waals surface area contributed by atoms with Gasteiger partial charge in [0.1, 0.15) is 5.82 Å². The molecule has 0 fully saturated rings. The van der Waals surface area contributed by atoms with Gasteiger partial charge in [-0.15, -0.1) is 0 Å². The summed E-state index contributed by atoms with van der Waals surface area (Å²) < 4.78 is 28.1.